The van der Waals surface area contributed by atoms with E-state index >= 15 is 0 Å². The van der Waals surface area contributed by atoms with Crippen LogP contribution < -0.4 is 14.8 Å². The summed E-state index contributed by atoms with van der Waals surface area (Å²) in [5.41, 5.74) is 5.08. The van der Waals surface area contributed by atoms with Gasteiger partial charge < -0.3 is 14.0 Å². The minimum atomic E-state index is -0.383. The normalized spacial score (nSPS) is 14.6. The molecule has 6 rings (SSSR count). The Bertz CT molecular complexity index is 1650. The van der Waals surface area contributed by atoms with Crippen LogP contribution in [0.1, 0.15) is 11.4 Å². The monoisotopic (exact) mass is 571 g/mol. The van der Waals surface area contributed by atoms with E-state index < -0.39 is 0 Å². The average Bonchev–Trinajstić information content (AvgIpc) is 3.45. The van der Waals surface area contributed by atoms with Crippen molar-refractivity contribution >= 4 is 46.3 Å². The molecule has 1 N–H and O–H groups in total. The van der Waals surface area contributed by atoms with E-state index in [9.17, 15) is 9.59 Å². The SMILES string of the molecule is Cl.Cn1c(COc2ccc(CC3SC(=O)NC3=O)cc2)nc2ccc(Oc3ccc(-c4ccccc4)cc3)cc21. The second-order valence-electron chi connectivity index (χ2n) is 9.25. The second-order valence-corrected chi connectivity index (χ2v) is 10.4. The van der Waals surface area contributed by atoms with E-state index in [0.29, 0.717) is 18.8 Å². The van der Waals surface area contributed by atoms with E-state index in [2.05, 4.69) is 29.6 Å². The van der Waals surface area contributed by atoms with Gasteiger partial charge in [-0.3, -0.25) is 14.9 Å². The fourth-order valence-electron chi connectivity index (χ4n) is 4.51. The lowest BCUT2D eigenvalue weighted by Crippen LogP contribution is -2.25. The van der Waals surface area contributed by atoms with E-state index in [0.717, 1.165) is 51.2 Å². The fraction of sp³-hybridized carbons (Fsp3) is 0.129. The zero-order chi connectivity index (χ0) is 26.8. The number of imide groups is 1. The molecule has 2 heterocycles. The Balaban J connectivity index is 0.00000323. The molecule has 5 aromatic rings. The molecule has 0 radical (unpaired) electrons. The first-order valence-corrected chi connectivity index (χ1v) is 13.4. The molecule has 7 nitrogen and oxygen atoms in total. The molecule has 4 aromatic carbocycles. The number of hydrogen-bond donors (Lipinski definition) is 1. The van der Waals surface area contributed by atoms with Crippen LogP contribution in [0.4, 0.5) is 4.79 Å². The number of rotatable bonds is 8. The molecule has 2 amide bonds. The first-order valence-electron chi connectivity index (χ1n) is 12.5. The molecule has 0 spiro atoms. The molecule has 0 saturated carbocycles. The van der Waals surface area contributed by atoms with Gasteiger partial charge in [-0.1, -0.05) is 66.4 Å². The van der Waals surface area contributed by atoms with E-state index in [4.69, 9.17) is 14.5 Å². The minimum Gasteiger partial charge on any atom is -0.486 e. The highest BCUT2D eigenvalue weighted by atomic mass is 35.5. The Morgan fingerprint density at radius 2 is 1.52 bits per heavy atom. The largest absolute Gasteiger partial charge is 0.486 e. The van der Waals surface area contributed by atoms with E-state index in [-0.39, 0.29) is 28.8 Å². The lowest BCUT2D eigenvalue weighted by Gasteiger charge is -2.09. The number of carbonyl (C=O) groups excluding carboxylic acids is 2. The topological polar surface area (TPSA) is 82.5 Å². The number of thioether (sulfide) groups is 1. The molecule has 0 bridgehead atoms. The molecule has 0 aliphatic carbocycles. The summed E-state index contributed by atoms with van der Waals surface area (Å²) in [5.74, 6) is 2.75. The number of fused-ring (bicyclic) bond motifs is 1. The lowest BCUT2D eigenvalue weighted by atomic mass is 10.1. The Morgan fingerprint density at radius 3 is 2.23 bits per heavy atom. The lowest BCUT2D eigenvalue weighted by molar-refractivity contribution is -0.118. The van der Waals surface area contributed by atoms with Crippen LogP contribution in [0.2, 0.25) is 0 Å². The maximum atomic E-state index is 11.8. The average molecular weight is 572 g/mol. The van der Waals surface area contributed by atoms with Gasteiger partial charge in [0.25, 0.3) is 5.24 Å². The van der Waals surface area contributed by atoms with Crippen LogP contribution in [0, 0.1) is 0 Å². The molecule has 1 aliphatic rings. The van der Waals surface area contributed by atoms with E-state index in [1.807, 2.05) is 84.4 Å². The quantitative estimate of drug-likeness (QED) is 0.217. The smallest absolute Gasteiger partial charge is 0.286 e. The molecule has 1 fully saturated rings. The molecule has 202 valence electrons. The van der Waals surface area contributed by atoms with Crippen LogP contribution in [0.3, 0.4) is 0 Å². The van der Waals surface area contributed by atoms with Crippen LogP contribution in [0.5, 0.6) is 17.2 Å². The van der Waals surface area contributed by atoms with Gasteiger partial charge in [0, 0.05) is 13.1 Å². The van der Waals surface area contributed by atoms with Gasteiger partial charge in [0.2, 0.25) is 5.91 Å². The molecule has 1 aliphatic heterocycles. The number of ether oxygens (including phenoxy) is 2. The van der Waals surface area contributed by atoms with Crippen LogP contribution in [-0.4, -0.2) is 25.9 Å². The van der Waals surface area contributed by atoms with Crippen molar-refractivity contribution in [1.29, 1.82) is 0 Å². The maximum absolute atomic E-state index is 11.8. The molecule has 1 aromatic heterocycles. The number of aromatic nitrogens is 2. The highest BCUT2D eigenvalue weighted by Gasteiger charge is 2.31. The van der Waals surface area contributed by atoms with Crippen LogP contribution in [-0.2, 0) is 24.9 Å². The summed E-state index contributed by atoms with van der Waals surface area (Å²) >= 11 is 1.03. The standard InChI is InChI=1S/C31H25N3O4S.ClH/c1-34-27-18-25(38-24-13-9-22(10-14-24)21-5-3-2-4-6-21)15-16-26(27)32-29(34)19-37-23-11-7-20(8-12-23)17-28-30(35)33-31(36)39-28;/h2-16,18,28H,17,19H2,1H3,(H,33,35,36);1H. The number of imidazole rings is 1. The van der Waals surface area contributed by atoms with Gasteiger partial charge in [-0.15, -0.1) is 12.4 Å². The van der Waals surface area contributed by atoms with Gasteiger partial charge in [0.1, 0.15) is 29.7 Å². The summed E-state index contributed by atoms with van der Waals surface area (Å²) in [5, 5.41) is 1.65. The van der Waals surface area contributed by atoms with Crippen molar-refractivity contribution in [3.63, 3.8) is 0 Å². The molecular formula is C31H26ClN3O4S. The molecule has 1 saturated heterocycles. The van der Waals surface area contributed by atoms with Gasteiger partial charge in [-0.2, -0.15) is 0 Å². The number of nitrogens with one attached hydrogen (secondary N) is 1. The van der Waals surface area contributed by atoms with Crippen molar-refractivity contribution in [2.75, 3.05) is 0 Å². The summed E-state index contributed by atoms with van der Waals surface area (Å²) in [6, 6.07) is 31.7. The molecular weight excluding hydrogens is 546 g/mol. The first-order chi connectivity index (χ1) is 19.0. The first kappa shape index (κ1) is 27.3. The third kappa shape index (κ3) is 5.98. The van der Waals surface area contributed by atoms with E-state index in [1.165, 1.54) is 5.56 Å². The Kier molecular flexibility index (Phi) is 8.09. The molecule has 9 heteroatoms. The molecule has 40 heavy (non-hydrogen) atoms. The van der Waals surface area contributed by atoms with Crippen molar-refractivity contribution in [2.45, 2.75) is 18.3 Å². The van der Waals surface area contributed by atoms with Crippen molar-refractivity contribution in [3.05, 3.63) is 108 Å². The molecule has 1 atom stereocenters. The third-order valence-corrected chi connectivity index (χ3v) is 7.60. The van der Waals surface area contributed by atoms with Crippen molar-refractivity contribution in [1.82, 2.24) is 14.9 Å². The predicted molar refractivity (Wildman–Crippen MR) is 159 cm³/mol. The predicted octanol–water partition coefficient (Wildman–Crippen LogP) is 6.93. The fourth-order valence-corrected chi connectivity index (χ4v) is 5.37. The number of hydrogen-bond acceptors (Lipinski definition) is 6. The summed E-state index contributed by atoms with van der Waals surface area (Å²) in [6.07, 6.45) is 0.495. The Labute approximate surface area is 241 Å². The van der Waals surface area contributed by atoms with Gasteiger partial charge in [0.15, 0.2) is 0 Å². The zero-order valence-corrected chi connectivity index (χ0v) is 23.2. The van der Waals surface area contributed by atoms with Crippen molar-refractivity contribution < 1.29 is 19.1 Å². The number of halogens is 1. The van der Waals surface area contributed by atoms with Crippen LogP contribution >= 0.6 is 24.2 Å². The van der Waals surface area contributed by atoms with Crippen molar-refractivity contribution in [3.8, 4) is 28.4 Å². The zero-order valence-electron chi connectivity index (χ0n) is 21.6. The number of carbonyl (C=O) groups is 2. The number of aryl methyl sites for hydroxylation is 1. The van der Waals surface area contributed by atoms with E-state index in [1.54, 1.807) is 0 Å². The number of amides is 2. The van der Waals surface area contributed by atoms with Crippen LogP contribution in [0.15, 0.2) is 97.1 Å². The minimum absolute atomic E-state index is 0. The number of benzene rings is 4. The summed E-state index contributed by atoms with van der Waals surface area (Å²) in [7, 11) is 1.96. The summed E-state index contributed by atoms with van der Waals surface area (Å²) in [6.45, 7) is 0.303. The van der Waals surface area contributed by atoms with Gasteiger partial charge >= 0.3 is 0 Å². The number of nitrogens with zero attached hydrogens (tertiary/aromatic N) is 2. The second kappa shape index (κ2) is 11.9. The maximum Gasteiger partial charge on any atom is 0.286 e. The van der Waals surface area contributed by atoms with Crippen LogP contribution in [0.25, 0.3) is 22.2 Å². The third-order valence-electron chi connectivity index (χ3n) is 6.62. The Morgan fingerprint density at radius 1 is 0.850 bits per heavy atom. The molecule has 1 unspecified atom stereocenters. The summed E-state index contributed by atoms with van der Waals surface area (Å²) < 4.78 is 14.1. The van der Waals surface area contributed by atoms with Gasteiger partial charge in [-0.25, -0.2) is 4.98 Å². The highest BCUT2D eigenvalue weighted by Crippen LogP contribution is 2.29. The van der Waals surface area contributed by atoms with Gasteiger partial charge in [0.05, 0.1) is 16.3 Å². The summed E-state index contributed by atoms with van der Waals surface area (Å²) in [4.78, 5) is 27.9. The highest BCUT2D eigenvalue weighted by molar-refractivity contribution is 8.15. The van der Waals surface area contributed by atoms with Gasteiger partial charge in [-0.05, 0) is 59.5 Å². The Hall–Kier alpha value is -4.27. The van der Waals surface area contributed by atoms with Crippen molar-refractivity contribution in [2.24, 2.45) is 7.05 Å².